The lowest BCUT2D eigenvalue weighted by Gasteiger charge is -1.94. The van der Waals surface area contributed by atoms with Crippen LogP contribution in [0.4, 0.5) is 4.79 Å². The molecule has 0 radical (unpaired) electrons. The molecule has 1 amide bonds. The van der Waals surface area contributed by atoms with Crippen LogP contribution < -0.4 is 0 Å². The minimum atomic E-state index is -0.811. The number of ether oxygens (including phenoxy) is 2. The van der Waals surface area contributed by atoms with Crippen LogP contribution in [-0.2, 0) is 14.3 Å². The molecule has 0 saturated carbocycles. The van der Waals surface area contributed by atoms with Gasteiger partial charge in [-0.15, -0.1) is 5.11 Å². The maximum Gasteiger partial charge on any atom is 0.452 e. The summed E-state index contributed by atoms with van der Waals surface area (Å²) < 4.78 is 8.62. The summed E-state index contributed by atoms with van der Waals surface area (Å²) in [5.41, 5.74) is 0.349. The fourth-order valence-corrected chi connectivity index (χ4v) is 0.542. The van der Waals surface area contributed by atoms with E-state index in [4.69, 9.17) is 0 Å². The highest BCUT2D eigenvalue weighted by Gasteiger charge is 2.00. The molecule has 0 aromatic heterocycles. The Kier molecular flexibility index (Phi) is 5.93. The standard InChI is InChI=1S/C8H12N2O4/c1-4-6(5-7(11)13-2)9-10-8(12)14-3/h5H,4H2,1-3H3/b6-5+,10-9?. The Balaban J connectivity index is 4.43. The van der Waals surface area contributed by atoms with Crippen LogP contribution in [-0.4, -0.2) is 26.3 Å². The second kappa shape index (κ2) is 6.76. The van der Waals surface area contributed by atoms with Gasteiger partial charge in [-0.1, -0.05) is 12.0 Å². The first-order valence-corrected chi connectivity index (χ1v) is 3.92. The Labute approximate surface area is 81.6 Å². The Bertz CT molecular complexity index is 271. The molecule has 0 aliphatic rings. The number of rotatable bonds is 3. The monoisotopic (exact) mass is 200 g/mol. The van der Waals surface area contributed by atoms with Crippen molar-refractivity contribution in [1.29, 1.82) is 0 Å². The summed E-state index contributed by atoms with van der Waals surface area (Å²) in [5, 5.41) is 6.70. The largest absolute Gasteiger partial charge is 0.466 e. The average molecular weight is 200 g/mol. The van der Waals surface area contributed by atoms with Crippen molar-refractivity contribution in [2.45, 2.75) is 13.3 Å². The molecule has 0 heterocycles. The molecule has 6 heteroatoms. The summed E-state index contributed by atoms with van der Waals surface area (Å²) in [6.07, 6.45) is 0.816. The summed E-state index contributed by atoms with van der Waals surface area (Å²) >= 11 is 0. The van der Waals surface area contributed by atoms with Gasteiger partial charge >= 0.3 is 12.1 Å². The Morgan fingerprint density at radius 1 is 1.21 bits per heavy atom. The number of amides is 1. The summed E-state index contributed by atoms with van der Waals surface area (Å²) in [6, 6.07) is 0. The normalized spacial score (nSPS) is 11.5. The lowest BCUT2D eigenvalue weighted by molar-refractivity contribution is -0.134. The molecule has 0 atom stereocenters. The van der Waals surface area contributed by atoms with Crippen molar-refractivity contribution >= 4 is 12.1 Å². The van der Waals surface area contributed by atoms with Gasteiger partial charge < -0.3 is 9.47 Å². The first-order valence-electron chi connectivity index (χ1n) is 3.92. The topological polar surface area (TPSA) is 77.3 Å². The van der Waals surface area contributed by atoms with Crippen LogP contribution in [0, 0.1) is 0 Å². The maximum absolute atomic E-state index is 10.8. The number of carbonyl (C=O) groups excluding carboxylic acids is 2. The molecule has 0 aromatic rings. The van der Waals surface area contributed by atoms with Gasteiger partial charge in [-0.25, -0.2) is 9.59 Å². The number of nitrogens with zero attached hydrogens (tertiary/aromatic N) is 2. The number of hydrogen-bond acceptors (Lipinski definition) is 5. The predicted octanol–water partition coefficient (Wildman–Crippen LogP) is 1.67. The number of azo groups is 1. The van der Waals surface area contributed by atoms with Gasteiger partial charge in [0.25, 0.3) is 0 Å². The number of carbonyl (C=O) groups is 2. The van der Waals surface area contributed by atoms with Crippen molar-refractivity contribution in [2.75, 3.05) is 14.2 Å². The van der Waals surface area contributed by atoms with Crippen LogP contribution in [0.3, 0.4) is 0 Å². The second-order valence-electron chi connectivity index (χ2n) is 2.18. The van der Waals surface area contributed by atoms with Crippen LogP contribution in [0.1, 0.15) is 13.3 Å². The van der Waals surface area contributed by atoms with Crippen molar-refractivity contribution in [3.05, 3.63) is 11.8 Å². The first-order chi connectivity index (χ1) is 6.63. The van der Waals surface area contributed by atoms with E-state index in [0.717, 1.165) is 6.08 Å². The Morgan fingerprint density at radius 3 is 2.29 bits per heavy atom. The van der Waals surface area contributed by atoms with Gasteiger partial charge in [0.2, 0.25) is 0 Å². The zero-order valence-corrected chi connectivity index (χ0v) is 8.31. The zero-order valence-electron chi connectivity index (χ0n) is 8.31. The van der Waals surface area contributed by atoms with E-state index in [9.17, 15) is 9.59 Å². The molecule has 0 N–H and O–H groups in total. The van der Waals surface area contributed by atoms with Crippen LogP contribution in [0.25, 0.3) is 0 Å². The molecule has 0 aliphatic carbocycles. The second-order valence-corrected chi connectivity index (χ2v) is 2.18. The van der Waals surface area contributed by atoms with Crippen molar-refractivity contribution in [2.24, 2.45) is 10.2 Å². The van der Waals surface area contributed by atoms with E-state index >= 15 is 0 Å². The molecule has 6 nitrogen and oxygen atoms in total. The summed E-state index contributed by atoms with van der Waals surface area (Å²) in [4.78, 5) is 21.3. The first kappa shape index (κ1) is 12.3. The molecule has 0 fully saturated rings. The van der Waals surface area contributed by atoms with E-state index in [1.165, 1.54) is 14.2 Å². The summed E-state index contributed by atoms with van der Waals surface area (Å²) in [5.74, 6) is -0.536. The third kappa shape index (κ3) is 5.02. The van der Waals surface area contributed by atoms with Gasteiger partial charge in [-0.2, -0.15) is 0 Å². The van der Waals surface area contributed by atoms with Gasteiger partial charge in [-0.3, -0.25) is 0 Å². The van der Waals surface area contributed by atoms with Crippen LogP contribution in [0.5, 0.6) is 0 Å². The maximum atomic E-state index is 10.8. The number of hydrogen-bond donors (Lipinski definition) is 0. The minimum Gasteiger partial charge on any atom is -0.466 e. The molecule has 0 saturated heterocycles. The van der Waals surface area contributed by atoms with Gasteiger partial charge in [0.1, 0.15) is 0 Å². The molecule has 0 rings (SSSR count). The summed E-state index contributed by atoms with van der Waals surface area (Å²) in [7, 11) is 2.44. The van der Waals surface area contributed by atoms with E-state index in [1.54, 1.807) is 6.92 Å². The van der Waals surface area contributed by atoms with Gasteiger partial charge in [-0.05, 0) is 6.42 Å². The lowest BCUT2D eigenvalue weighted by Crippen LogP contribution is -1.96. The van der Waals surface area contributed by atoms with E-state index in [-0.39, 0.29) is 0 Å². The number of methoxy groups -OCH3 is 2. The van der Waals surface area contributed by atoms with E-state index in [2.05, 4.69) is 19.7 Å². The van der Waals surface area contributed by atoms with Gasteiger partial charge in [0.05, 0.1) is 19.9 Å². The number of allylic oxidation sites excluding steroid dienone is 1. The quantitative estimate of drug-likeness (QED) is 0.394. The van der Waals surface area contributed by atoms with Crippen molar-refractivity contribution in [1.82, 2.24) is 0 Å². The van der Waals surface area contributed by atoms with Crippen molar-refractivity contribution in [3.63, 3.8) is 0 Å². The SMILES string of the molecule is CC/C(=C\C(=O)OC)N=NC(=O)OC. The van der Waals surface area contributed by atoms with Crippen LogP contribution in [0.2, 0.25) is 0 Å². The van der Waals surface area contributed by atoms with E-state index < -0.39 is 12.1 Å². The third-order valence-electron chi connectivity index (χ3n) is 1.28. The fraction of sp³-hybridized carbons (Fsp3) is 0.500. The van der Waals surface area contributed by atoms with Crippen molar-refractivity contribution < 1.29 is 19.1 Å². The molecule has 0 spiro atoms. The molecule has 0 bridgehead atoms. The number of esters is 1. The molecule has 78 valence electrons. The average Bonchev–Trinajstić information content (AvgIpc) is 2.22. The predicted molar refractivity (Wildman–Crippen MR) is 47.7 cm³/mol. The van der Waals surface area contributed by atoms with Gasteiger partial charge in [0, 0.05) is 6.08 Å². The lowest BCUT2D eigenvalue weighted by atomic mass is 10.3. The smallest absolute Gasteiger partial charge is 0.452 e. The highest BCUT2D eigenvalue weighted by molar-refractivity contribution is 5.82. The third-order valence-corrected chi connectivity index (χ3v) is 1.28. The Hall–Kier alpha value is -1.72. The van der Waals surface area contributed by atoms with Crippen LogP contribution >= 0.6 is 0 Å². The van der Waals surface area contributed by atoms with E-state index in [0.29, 0.717) is 12.1 Å². The molecule has 0 unspecified atom stereocenters. The molecule has 14 heavy (non-hydrogen) atoms. The van der Waals surface area contributed by atoms with Gasteiger partial charge in [0.15, 0.2) is 0 Å². The summed E-state index contributed by atoms with van der Waals surface area (Å²) in [6.45, 7) is 1.77. The van der Waals surface area contributed by atoms with Crippen molar-refractivity contribution in [3.8, 4) is 0 Å². The van der Waals surface area contributed by atoms with Crippen LogP contribution in [0.15, 0.2) is 22.0 Å². The molecular weight excluding hydrogens is 188 g/mol. The molecular formula is C8H12N2O4. The Morgan fingerprint density at radius 2 is 1.86 bits per heavy atom. The minimum absolute atomic E-state index is 0.349. The molecule has 0 aromatic carbocycles. The van der Waals surface area contributed by atoms with E-state index in [1.807, 2.05) is 0 Å². The zero-order chi connectivity index (χ0) is 11.0. The highest BCUT2D eigenvalue weighted by Crippen LogP contribution is 2.03. The molecule has 0 aliphatic heterocycles. The fourth-order valence-electron chi connectivity index (χ4n) is 0.542. The highest BCUT2D eigenvalue weighted by atomic mass is 16.5.